The van der Waals surface area contributed by atoms with Crippen molar-refractivity contribution in [3.05, 3.63) is 89.7 Å². The smallest absolute Gasteiger partial charge is 0.409 e. The van der Waals surface area contributed by atoms with E-state index in [1.165, 1.54) is 24.3 Å². The topological polar surface area (TPSA) is 79.4 Å². The Balaban J connectivity index is 1.41. The lowest BCUT2D eigenvalue weighted by atomic mass is 10.0. The van der Waals surface area contributed by atoms with E-state index >= 15 is 0 Å². The average molecular weight is 538 g/mol. The predicted molar refractivity (Wildman–Crippen MR) is 141 cm³/mol. The zero-order chi connectivity index (χ0) is 26.6. The number of hydrogen-bond acceptors (Lipinski definition) is 5. The van der Waals surface area contributed by atoms with Crippen LogP contribution in [0.1, 0.15) is 28.9 Å². The van der Waals surface area contributed by atoms with Crippen molar-refractivity contribution in [2.45, 2.75) is 17.9 Å². The summed E-state index contributed by atoms with van der Waals surface area (Å²) < 4.78 is 40.3. The maximum absolute atomic E-state index is 13.8. The number of nitrogens with zero attached hydrogens (tertiary/aromatic N) is 3. The number of rotatable bonds is 5. The van der Waals surface area contributed by atoms with Gasteiger partial charge in [0, 0.05) is 31.7 Å². The van der Waals surface area contributed by atoms with Crippen molar-refractivity contribution in [1.82, 2.24) is 9.80 Å². The van der Waals surface area contributed by atoms with Crippen LogP contribution in [0, 0.1) is 5.82 Å². The summed E-state index contributed by atoms with van der Waals surface area (Å²) in [6.07, 6.45) is -0.371. The van der Waals surface area contributed by atoms with Crippen LogP contribution in [0.2, 0.25) is 0 Å². The van der Waals surface area contributed by atoms with Crippen molar-refractivity contribution < 1.29 is 27.7 Å². The first kappa shape index (κ1) is 25.7. The Hall–Kier alpha value is -3.92. The van der Waals surface area contributed by atoms with Gasteiger partial charge < -0.3 is 19.3 Å². The summed E-state index contributed by atoms with van der Waals surface area (Å²) in [7, 11) is -1.66. The van der Waals surface area contributed by atoms with Crippen LogP contribution in [0.25, 0.3) is 0 Å². The van der Waals surface area contributed by atoms with Crippen molar-refractivity contribution >= 4 is 28.7 Å². The minimum atomic E-state index is -1.66. The number of amides is 2. The first-order valence-electron chi connectivity index (χ1n) is 12.5. The van der Waals surface area contributed by atoms with Crippen molar-refractivity contribution in [3.63, 3.8) is 0 Å². The fourth-order valence-electron chi connectivity index (χ4n) is 4.61. The van der Waals surface area contributed by atoms with E-state index in [0.717, 1.165) is 5.56 Å². The van der Waals surface area contributed by atoms with Crippen LogP contribution in [0.4, 0.5) is 14.9 Å². The lowest BCUT2D eigenvalue weighted by molar-refractivity contribution is 0.0570. The summed E-state index contributed by atoms with van der Waals surface area (Å²) >= 11 is 0. The van der Waals surface area contributed by atoms with Gasteiger partial charge in [0.25, 0.3) is 5.91 Å². The number of carbonyl (C=O) groups excluding carboxylic acids is 2. The molecule has 0 N–H and O–H groups in total. The van der Waals surface area contributed by atoms with E-state index in [-0.39, 0.29) is 24.6 Å². The molecule has 38 heavy (non-hydrogen) atoms. The maximum Gasteiger partial charge on any atom is 0.409 e. The van der Waals surface area contributed by atoms with Gasteiger partial charge >= 0.3 is 6.09 Å². The number of ether oxygens (including phenoxy) is 2. The average Bonchev–Trinajstić information content (AvgIpc) is 2.96. The summed E-state index contributed by atoms with van der Waals surface area (Å²) in [5.41, 5.74) is 1.95. The Morgan fingerprint density at radius 1 is 0.974 bits per heavy atom. The molecule has 2 aliphatic heterocycles. The fraction of sp³-hybridized carbons (Fsp3) is 0.286. The molecule has 8 nitrogen and oxygen atoms in total. The Morgan fingerprint density at radius 2 is 1.66 bits per heavy atom. The number of fused-ring (bicyclic) bond motifs is 1. The minimum absolute atomic E-state index is 0.170. The molecule has 1 saturated heterocycles. The second-order valence-electron chi connectivity index (χ2n) is 8.93. The van der Waals surface area contributed by atoms with Gasteiger partial charge in [-0.3, -0.25) is 9.10 Å². The Bertz CT molecular complexity index is 1330. The molecule has 0 aromatic heterocycles. The summed E-state index contributed by atoms with van der Waals surface area (Å²) in [5.74, 6) is -0.126. The molecule has 198 valence electrons. The number of benzene rings is 3. The van der Waals surface area contributed by atoms with Crippen LogP contribution in [0.5, 0.6) is 5.75 Å². The SMILES string of the molecule is CCOC(=O)N1CCN(C(=O)c2ccc3c(c2)OCC(c2ccccc2)N3S(=O)c2ccc(F)cc2)CC1. The third-order valence-corrected chi connectivity index (χ3v) is 8.08. The molecule has 0 radical (unpaired) electrons. The first-order valence-corrected chi connectivity index (χ1v) is 13.6. The molecular weight excluding hydrogens is 509 g/mol. The van der Waals surface area contributed by atoms with Gasteiger partial charge in [-0.15, -0.1) is 0 Å². The Labute approximate surface area is 223 Å². The molecule has 3 aromatic carbocycles. The van der Waals surface area contributed by atoms with Crippen LogP contribution in [0.15, 0.2) is 77.7 Å². The fourth-order valence-corrected chi connectivity index (χ4v) is 5.95. The minimum Gasteiger partial charge on any atom is -0.489 e. The number of anilines is 1. The number of hydrogen-bond donors (Lipinski definition) is 0. The highest BCUT2D eigenvalue weighted by Crippen LogP contribution is 2.42. The normalized spacial score (nSPS) is 17.8. The molecule has 2 atom stereocenters. The largest absolute Gasteiger partial charge is 0.489 e. The van der Waals surface area contributed by atoms with Crippen LogP contribution in [0.3, 0.4) is 0 Å². The van der Waals surface area contributed by atoms with Crippen LogP contribution >= 0.6 is 0 Å². The van der Waals surface area contributed by atoms with E-state index in [9.17, 15) is 18.2 Å². The number of halogens is 1. The van der Waals surface area contributed by atoms with Crippen LogP contribution < -0.4 is 9.04 Å². The van der Waals surface area contributed by atoms with E-state index in [2.05, 4.69) is 0 Å². The van der Waals surface area contributed by atoms with Gasteiger partial charge in [0.2, 0.25) is 0 Å². The van der Waals surface area contributed by atoms with Gasteiger partial charge in [-0.2, -0.15) is 0 Å². The van der Waals surface area contributed by atoms with Gasteiger partial charge in [0.1, 0.15) is 24.2 Å². The molecule has 10 heteroatoms. The third-order valence-electron chi connectivity index (χ3n) is 6.60. The first-order chi connectivity index (χ1) is 18.5. The summed E-state index contributed by atoms with van der Waals surface area (Å²) in [6, 6.07) is 20.0. The Morgan fingerprint density at radius 3 is 2.34 bits per heavy atom. The molecule has 3 aromatic rings. The van der Waals surface area contributed by atoms with Gasteiger partial charge in [-0.1, -0.05) is 30.3 Å². The predicted octanol–water partition coefficient (Wildman–Crippen LogP) is 4.40. The highest BCUT2D eigenvalue weighted by atomic mass is 32.2. The van der Waals surface area contributed by atoms with Crippen molar-refractivity contribution in [2.75, 3.05) is 43.7 Å². The molecule has 0 aliphatic carbocycles. The quantitative estimate of drug-likeness (QED) is 0.482. The summed E-state index contributed by atoms with van der Waals surface area (Å²) in [5, 5.41) is 0. The zero-order valence-electron chi connectivity index (χ0n) is 20.9. The lowest BCUT2D eigenvalue weighted by Gasteiger charge is -2.38. The molecule has 2 aliphatic rings. The molecule has 0 bridgehead atoms. The van der Waals surface area contributed by atoms with Crippen molar-refractivity contribution in [3.8, 4) is 5.75 Å². The molecule has 0 saturated carbocycles. The standard InChI is InChI=1S/C28H28FN3O5S/c1-2-36-28(34)31-16-14-30(15-17-31)27(33)21-8-13-24-26(18-21)37-19-25(20-6-4-3-5-7-20)32(24)38(35)23-11-9-22(29)10-12-23/h3-13,18,25H,2,14-17,19H2,1H3. The van der Waals surface area contributed by atoms with Gasteiger partial charge in [-0.05, 0) is 55.0 Å². The molecule has 2 amide bonds. The van der Waals surface area contributed by atoms with E-state index < -0.39 is 16.8 Å². The lowest BCUT2D eigenvalue weighted by Crippen LogP contribution is -2.50. The van der Waals surface area contributed by atoms with Gasteiger partial charge in [0.15, 0.2) is 11.0 Å². The molecule has 2 heterocycles. The summed E-state index contributed by atoms with van der Waals surface area (Å²) in [6.45, 7) is 3.87. The molecule has 2 unspecified atom stereocenters. The Kier molecular flexibility index (Phi) is 7.59. The van der Waals surface area contributed by atoms with E-state index in [4.69, 9.17) is 9.47 Å². The molecular formula is C28H28FN3O5S. The zero-order valence-corrected chi connectivity index (χ0v) is 21.7. The molecule has 1 fully saturated rings. The van der Waals surface area contributed by atoms with Crippen molar-refractivity contribution in [1.29, 1.82) is 0 Å². The van der Waals surface area contributed by atoms with E-state index in [1.807, 2.05) is 30.3 Å². The van der Waals surface area contributed by atoms with Gasteiger partial charge in [0.05, 0.1) is 17.2 Å². The second kappa shape index (κ2) is 11.2. The van der Waals surface area contributed by atoms with Crippen LogP contribution in [-0.4, -0.2) is 65.4 Å². The highest BCUT2D eigenvalue weighted by molar-refractivity contribution is 7.86. The maximum atomic E-state index is 13.8. The van der Waals surface area contributed by atoms with Gasteiger partial charge in [-0.25, -0.2) is 13.4 Å². The summed E-state index contributed by atoms with van der Waals surface area (Å²) in [4.78, 5) is 29.0. The van der Waals surface area contributed by atoms with E-state index in [0.29, 0.717) is 54.7 Å². The number of carbonyl (C=O) groups is 2. The third kappa shape index (κ3) is 5.22. The van der Waals surface area contributed by atoms with Crippen LogP contribution in [-0.2, 0) is 15.7 Å². The molecule has 0 spiro atoms. The number of piperazine rings is 1. The van der Waals surface area contributed by atoms with Crippen molar-refractivity contribution in [2.24, 2.45) is 0 Å². The highest BCUT2D eigenvalue weighted by Gasteiger charge is 2.35. The molecule has 5 rings (SSSR count). The van der Waals surface area contributed by atoms with E-state index in [1.54, 1.807) is 39.2 Å². The second-order valence-corrected chi connectivity index (χ2v) is 10.3. The monoisotopic (exact) mass is 537 g/mol.